The summed E-state index contributed by atoms with van der Waals surface area (Å²) in [6, 6.07) is 3.85. The maximum absolute atomic E-state index is 12.5. The van der Waals surface area contributed by atoms with Crippen LogP contribution in [-0.2, 0) is 14.8 Å². The fraction of sp³-hybridized carbons (Fsp3) is 0.538. The van der Waals surface area contributed by atoms with E-state index in [1.807, 2.05) is 0 Å². The number of benzene rings is 1. The summed E-state index contributed by atoms with van der Waals surface area (Å²) in [6.45, 7) is 0.643. The number of nitrogens with one attached hydrogen (secondary N) is 1. The molecule has 0 spiro atoms. The number of hydrogen-bond acceptors (Lipinski definition) is 4. The molecule has 3 rings (SSSR count). The zero-order valence-corrected chi connectivity index (χ0v) is 13.5. The number of halogens is 2. The molecule has 0 bridgehead atoms. The number of fused-ring (bicyclic) bond motifs is 1. The Morgan fingerprint density at radius 2 is 2.10 bits per heavy atom. The van der Waals surface area contributed by atoms with Gasteiger partial charge in [-0.3, -0.25) is 0 Å². The van der Waals surface area contributed by atoms with Crippen LogP contribution >= 0.6 is 23.2 Å². The zero-order chi connectivity index (χ0) is 15.2. The number of rotatable bonds is 3. The molecule has 3 N–H and O–H groups in total. The fourth-order valence-corrected chi connectivity index (χ4v) is 5.07. The van der Waals surface area contributed by atoms with Crippen LogP contribution in [0.2, 0.25) is 10.0 Å². The van der Waals surface area contributed by atoms with E-state index in [1.165, 1.54) is 12.1 Å². The molecule has 2 fully saturated rings. The predicted molar refractivity (Wildman–Crippen MR) is 81.0 cm³/mol. The fourth-order valence-electron chi connectivity index (χ4n) is 3.03. The summed E-state index contributed by atoms with van der Waals surface area (Å²) in [5, 5.41) is 0.213. The van der Waals surface area contributed by atoms with Gasteiger partial charge in [0.15, 0.2) is 0 Å². The van der Waals surface area contributed by atoms with Gasteiger partial charge in [-0.2, -0.15) is 0 Å². The normalized spacial score (nSPS) is 32.3. The highest BCUT2D eigenvalue weighted by Gasteiger charge is 2.52. The molecular weight excluding hydrogens is 335 g/mol. The molecule has 4 atom stereocenters. The minimum atomic E-state index is -3.78. The highest BCUT2D eigenvalue weighted by atomic mass is 35.5. The third kappa shape index (κ3) is 2.69. The van der Waals surface area contributed by atoms with Gasteiger partial charge in [0.25, 0.3) is 0 Å². The van der Waals surface area contributed by atoms with Gasteiger partial charge in [0.1, 0.15) is 4.90 Å². The highest BCUT2D eigenvalue weighted by Crippen LogP contribution is 2.38. The molecule has 1 aliphatic carbocycles. The Kier molecular flexibility index (Phi) is 4.20. The van der Waals surface area contributed by atoms with Crippen molar-refractivity contribution < 1.29 is 13.2 Å². The summed E-state index contributed by atoms with van der Waals surface area (Å²) in [6.07, 6.45) is 1.79. The van der Waals surface area contributed by atoms with E-state index in [-0.39, 0.29) is 33.0 Å². The SMILES string of the molecule is NC1C2CCCOC2C1NS(=O)(=O)c1cccc(Cl)c1Cl. The molecule has 0 radical (unpaired) electrons. The molecule has 1 saturated heterocycles. The first-order valence-corrected chi connectivity index (χ1v) is 8.99. The van der Waals surface area contributed by atoms with Crippen LogP contribution in [0.3, 0.4) is 0 Å². The molecule has 116 valence electrons. The van der Waals surface area contributed by atoms with Crippen LogP contribution in [0.25, 0.3) is 0 Å². The van der Waals surface area contributed by atoms with Crippen LogP contribution in [0.4, 0.5) is 0 Å². The monoisotopic (exact) mass is 350 g/mol. The maximum atomic E-state index is 12.5. The quantitative estimate of drug-likeness (QED) is 0.870. The molecule has 1 aromatic rings. The van der Waals surface area contributed by atoms with Crippen LogP contribution in [0, 0.1) is 5.92 Å². The lowest BCUT2D eigenvalue weighted by Crippen LogP contribution is -2.71. The molecule has 1 heterocycles. The molecule has 8 heteroatoms. The van der Waals surface area contributed by atoms with Gasteiger partial charge in [-0.25, -0.2) is 13.1 Å². The van der Waals surface area contributed by atoms with Crippen molar-refractivity contribution in [3.05, 3.63) is 28.2 Å². The van der Waals surface area contributed by atoms with Crippen molar-refractivity contribution in [2.45, 2.75) is 35.9 Å². The van der Waals surface area contributed by atoms with Gasteiger partial charge < -0.3 is 10.5 Å². The minimum Gasteiger partial charge on any atom is -0.376 e. The van der Waals surface area contributed by atoms with Crippen LogP contribution in [0.5, 0.6) is 0 Å². The van der Waals surface area contributed by atoms with E-state index < -0.39 is 16.1 Å². The van der Waals surface area contributed by atoms with Gasteiger partial charge in [-0.15, -0.1) is 0 Å². The molecular formula is C13H16Cl2N2O3S. The second kappa shape index (κ2) is 5.68. The first-order valence-electron chi connectivity index (χ1n) is 6.75. The summed E-state index contributed by atoms with van der Waals surface area (Å²) in [4.78, 5) is -0.0388. The molecule has 0 aromatic heterocycles. The highest BCUT2D eigenvalue weighted by molar-refractivity contribution is 7.89. The summed E-state index contributed by atoms with van der Waals surface area (Å²) in [5.41, 5.74) is 6.06. The molecule has 5 nitrogen and oxygen atoms in total. The van der Waals surface area contributed by atoms with Crippen LogP contribution in [-0.4, -0.2) is 33.2 Å². The third-order valence-corrected chi connectivity index (χ3v) is 6.61. The van der Waals surface area contributed by atoms with E-state index in [2.05, 4.69) is 4.72 Å². The maximum Gasteiger partial charge on any atom is 0.242 e. The largest absolute Gasteiger partial charge is 0.376 e. The van der Waals surface area contributed by atoms with Gasteiger partial charge in [-0.05, 0) is 25.0 Å². The Labute approximate surface area is 133 Å². The average molecular weight is 351 g/mol. The second-order valence-electron chi connectivity index (χ2n) is 5.42. The first-order chi connectivity index (χ1) is 9.92. The lowest BCUT2D eigenvalue weighted by Gasteiger charge is -2.52. The van der Waals surface area contributed by atoms with E-state index in [4.69, 9.17) is 33.7 Å². The van der Waals surface area contributed by atoms with Crippen LogP contribution in [0.1, 0.15) is 12.8 Å². The summed E-state index contributed by atoms with van der Waals surface area (Å²) >= 11 is 11.9. The van der Waals surface area contributed by atoms with Crippen molar-refractivity contribution in [1.82, 2.24) is 4.72 Å². The number of hydrogen-bond donors (Lipinski definition) is 2. The number of nitrogens with two attached hydrogens (primary N) is 1. The van der Waals surface area contributed by atoms with Crippen molar-refractivity contribution >= 4 is 33.2 Å². The van der Waals surface area contributed by atoms with Crippen molar-refractivity contribution in [2.75, 3.05) is 6.61 Å². The predicted octanol–water partition coefficient (Wildman–Crippen LogP) is 1.78. The Morgan fingerprint density at radius 3 is 2.86 bits per heavy atom. The van der Waals surface area contributed by atoms with Crippen LogP contribution < -0.4 is 10.5 Å². The summed E-state index contributed by atoms with van der Waals surface area (Å²) < 4.78 is 33.2. The standard InChI is InChI=1S/C13H16Cl2N2O3S/c14-8-4-1-5-9(10(8)15)21(18,19)17-12-11(16)7-3-2-6-20-13(7)12/h1,4-5,7,11-13,17H,2-3,6,16H2. The lowest BCUT2D eigenvalue weighted by molar-refractivity contribution is -0.114. The number of ether oxygens (including phenoxy) is 1. The Balaban J connectivity index is 1.82. The van der Waals surface area contributed by atoms with Gasteiger partial charge in [-0.1, -0.05) is 29.3 Å². The smallest absolute Gasteiger partial charge is 0.242 e. The van der Waals surface area contributed by atoms with Crippen molar-refractivity contribution in [3.8, 4) is 0 Å². The Bertz CT molecular complexity index is 653. The lowest BCUT2D eigenvalue weighted by atomic mass is 9.69. The minimum absolute atomic E-state index is 0.0145. The molecule has 4 unspecified atom stereocenters. The van der Waals surface area contributed by atoms with Gasteiger partial charge in [0, 0.05) is 18.6 Å². The van der Waals surface area contributed by atoms with Crippen molar-refractivity contribution in [2.24, 2.45) is 11.7 Å². The van der Waals surface area contributed by atoms with E-state index in [0.29, 0.717) is 6.61 Å². The summed E-state index contributed by atoms with van der Waals surface area (Å²) in [5.74, 6) is 0.223. The van der Waals surface area contributed by atoms with Gasteiger partial charge >= 0.3 is 0 Å². The molecule has 0 amide bonds. The van der Waals surface area contributed by atoms with E-state index in [0.717, 1.165) is 12.8 Å². The van der Waals surface area contributed by atoms with E-state index >= 15 is 0 Å². The summed E-state index contributed by atoms with van der Waals surface area (Å²) in [7, 11) is -3.78. The van der Waals surface area contributed by atoms with E-state index in [1.54, 1.807) is 6.07 Å². The Hall–Kier alpha value is -0.370. The Morgan fingerprint density at radius 1 is 1.33 bits per heavy atom. The molecule has 1 aliphatic heterocycles. The van der Waals surface area contributed by atoms with Crippen molar-refractivity contribution in [1.29, 1.82) is 0 Å². The first kappa shape index (κ1) is 15.5. The number of sulfonamides is 1. The van der Waals surface area contributed by atoms with E-state index in [9.17, 15) is 8.42 Å². The zero-order valence-electron chi connectivity index (χ0n) is 11.1. The van der Waals surface area contributed by atoms with Gasteiger partial charge in [0.2, 0.25) is 10.0 Å². The van der Waals surface area contributed by atoms with Gasteiger partial charge in [0.05, 0.1) is 22.2 Å². The molecule has 1 saturated carbocycles. The van der Waals surface area contributed by atoms with Crippen LogP contribution in [0.15, 0.2) is 23.1 Å². The molecule has 1 aromatic carbocycles. The molecule has 2 aliphatic rings. The third-order valence-electron chi connectivity index (χ3n) is 4.17. The average Bonchev–Trinajstić information content (AvgIpc) is 2.47. The topological polar surface area (TPSA) is 81.4 Å². The van der Waals surface area contributed by atoms with Crippen molar-refractivity contribution in [3.63, 3.8) is 0 Å². The second-order valence-corrected chi connectivity index (χ2v) is 7.89. The molecule has 21 heavy (non-hydrogen) atoms.